The molecule has 1 amide bonds. The summed E-state index contributed by atoms with van der Waals surface area (Å²) in [7, 11) is 0. The molecule has 118 valence electrons. The third-order valence-corrected chi connectivity index (χ3v) is 5.48. The fraction of sp³-hybridized carbons (Fsp3) is 0. The van der Waals surface area contributed by atoms with Crippen molar-refractivity contribution >= 4 is 62.7 Å². The van der Waals surface area contributed by atoms with E-state index >= 15 is 0 Å². The molecule has 2 aliphatic heterocycles. The van der Waals surface area contributed by atoms with Crippen LogP contribution in [0.3, 0.4) is 0 Å². The number of amides is 1. The van der Waals surface area contributed by atoms with E-state index in [-0.39, 0.29) is 11.4 Å². The highest BCUT2D eigenvalue weighted by molar-refractivity contribution is 8.27. The maximum absolute atomic E-state index is 12.3. The number of hydrogen-bond donors (Lipinski definition) is 1. The number of thioether (sulfide) groups is 1. The van der Waals surface area contributed by atoms with Crippen molar-refractivity contribution in [2.24, 2.45) is 10.1 Å². The first-order valence-corrected chi connectivity index (χ1v) is 8.99. The Bertz CT molecular complexity index is 947. The van der Waals surface area contributed by atoms with Gasteiger partial charge in [-0.2, -0.15) is 15.1 Å². The van der Waals surface area contributed by atoms with E-state index in [1.165, 1.54) is 28.1 Å². The van der Waals surface area contributed by atoms with Crippen LogP contribution in [0.2, 0.25) is 5.02 Å². The molecule has 0 radical (unpaired) electrons. The monoisotopic (exact) mass is 372 g/mol. The van der Waals surface area contributed by atoms with Crippen LogP contribution in [0.25, 0.3) is 6.08 Å². The zero-order valence-electron chi connectivity index (χ0n) is 12.1. The lowest BCUT2D eigenvalue weighted by atomic mass is 10.1. The van der Waals surface area contributed by atoms with Crippen LogP contribution in [0.5, 0.6) is 0 Å². The molecule has 0 spiro atoms. The van der Waals surface area contributed by atoms with Gasteiger partial charge in [0.05, 0.1) is 10.6 Å². The van der Waals surface area contributed by atoms with E-state index in [9.17, 15) is 4.79 Å². The second-order valence-corrected chi connectivity index (χ2v) is 7.26. The maximum Gasteiger partial charge on any atom is 0.283 e. The van der Waals surface area contributed by atoms with E-state index in [2.05, 4.69) is 10.1 Å². The van der Waals surface area contributed by atoms with Crippen molar-refractivity contribution in [3.05, 3.63) is 62.8 Å². The number of benzene rings is 1. The Kier molecular flexibility index (Phi) is 3.84. The molecular formula is C16H9ClN4OS2. The van der Waals surface area contributed by atoms with Gasteiger partial charge in [0.1, 0.15) is 5.04 Å². The molecule has 1 aromatic carbocycles. The van der Waals surface area contributed by atoms with Crippen LogP contribution in [0.4, 0.5) is 0 Å². The van der Waals surface area contributed by atoms with Crippen LogP contribution in [-0.4, -0.2) is 27.0 Å². The topological polar surface area (TPSA) is 68.9 Å². The molecule has 1 N–H and O–H groups in total. The predicted octanol–water partition coefficient (Wildman–Crippen LogP) is 4.07. The number of nitrogens with one attached hydrogen (secondary N) is 1. The normalized spacial score (nSPS) is 18.7. The highest BCUT2D eigenvalue weighted by Gasteiger charge is 2.36. The molecule has 0 saturated carbocycles. The van der Waals surface area contributed by atoms with E-state index in [0.717, 1.165) is 10.4 Å². The molecule has 0 atom stereocenters. The Balaban J connectivity index is 1.73. The number of carbonyl (C=O) groups is 1. The predicted molar refractivity (Wildman–Crippen MR) is 99.9 cm³/mol. The van der Waals surface area contributed by atoms with Crippen molar-refractivity contribution in [3.63, 3.8) is 0 Å². The first-order chi connectivity index (χ1) is 11.6. The lowest BCUT2D eigenvalue weighted by molar-refractivity contribution is -0.114. The van der Waals surface area contributed by atoms with Crippen molar-refractivity contribution < 1.29 is 4.79 Å². The van der Waals surface area contributed by atoms with Crippen LogP contribution in [0.1, 0.15) is 10.4 Å². The molecule has 8 heteroatoms. The quantitative estimate of drug-likeness (QED) is 0.808. The van der Waals surface area contributed by atoms with Crippen LogP contribution in [0.15, 0.2) is 57.4 Å². The van der Waals surface area contributed by atoms with Gasteiger partial charge >= 0.3 is 0 Å². The summed E-state index contributed by atoms with van der Waals surface area (Å²) in [5, 5.41) is 17.6. The summed E-state index contributed by atoms with van der Waals surface area (Å²) in [6.07, 6.45) is 1.67. The van der Waals surface area contributed by atoms with Crippen LogP contribution in [-0.2, 0) is 4.79 Å². The minimum Gasteiger partial charge on any atom is -0.282 e. The SMILES string of the molecule is N=C1/C(=C/c2cccs2)C(=O)N=C2SC(c3ccccc3Cl)=NN12. The number of hydrazone groups is 1. The molecule has 5 nitrogen and oxygen atoms in total. The average molecular weight is 373 g/mol. The van der Waals surface area contributed by atoms with Crippen LogP contribution in [0, 0.1) is 5.41 Å². The molecule has 2 aromatic rings. The summed E-state index contributed by atoms with van der Waals surface area (Å²) in [4.78, 5) is 17.2. The zero-order valence-corrected chi connectivity index (χ0v) is 14.5. The first-order valence-electron chi connectivity index (χ1n) is 6.92. The standard InChI is InChI=1S/C16H9ClN4OS2/c17-12-6-2-1-5-10(12)15-20-21-13(18)11(8-9-4-3-7-23-9)14(22)19-16(21)24-15/h1-8,18H/b11-8-,18-13?. The van der Waals surface area contributed by atoms with Gasteiger partial charge in [0.2, 0.25) is 5.17 Å². The number of nitrogens with zero attached hydrogens (tertiary/aromatic N) is 3. The number of amidine groups is 2. The van der Waals surface area contributed by atoms with Gasteiger partial charge in [-0.15, -0.1) is 11.3 Å². The first kappa shape index (κ1) is 15.3. The van der Waals surface area contributed by atoms with Gasteiger partial charge in [-0.1, -0.05) is 35.9 Å². The van der Waals surface area contributed by atoms with Gasteiger partial charge in [-0.25, -0.2) is 0 Å². The summed E-state index contributed by atoms with van der Waals surface area (Å²) < 4.78 is 0. The fourth-order valence-corrected chi connectivity index (χ4v) is 4.12. The van der Waals surface area contributed by atoms with Crippen molar-refractivity contribution in [1.29, 1.82) is 5.41 Å². The molecule has 0 bridgehead atoms. The summed E-state index contributed by atoms with van der Waals surface area (Å²) in [6.45, 7) is 0. The van der Waals surface area contributed by atoms with Crippen molar-refractivity contribution in [2.75, 3.05) is 0 Å². The van der Waals surface area contributed by atoms with E-state index in [1.807, 2.05) is 35.7 Å². The number of carbonyl (C=O) groups excluding carboxylic acids is 1. The number of aliphatic imine (C=N–C) groups is 1. The Morgan fingerprint density at radius 3 is 2.79 bits per heavy atom. The van der Waals surface area contributed by atoms with Crippen LogP contribution >= 0.6 is 34.7 Å². The molecule has 24 heavy (non-hydrogen) atoms. The second kappa shape index (κ2) is 6.01. The fourth-order valence-electron chi connectivity index (χ4n) is 2.25. The summed E-state index contributed by atoms with van der Waals surface area (Å²) in [5.74, 6) is -0.407. The van der Waals surface area contributed by atoms with Gasteiger partial charge in [-0.3, -0.25) is 10.2 Å². The lowest BCUT2D eigenvalue weighted by Gasteiger charge is -2.19. The Morgan fingerprint density at radius 2 is 2.04 bits per heavy atom. The molecule has 4 rings (SSSR count). The smallest absolute Gasteiger partial charge is 0.282 e. The molecule has 1 aromatic heterocycles. The number of rotatable bonds is 2. The van der Waals surface area contributed by atoms with E-state index in [1.54, 1.807) is 12.1 Å². The maximum atomic E-state index is 12.3. The van der Waals surface area contributed by atoms with Gasteiger partial charge in [0, 0.05) is 10.4 Å². The third-order valence-electron chi connectivity index (χ3n) is 3.39. The highest BCUT2D eigenvalue weighted by atomic mass is 35.5. The van der Waals surface area contributed by atoms with Gasteiger partial charge < -0.3 is 0 Å². The molecule has 3 heterocycles. The Morgan fingerprint density at radius 1 is 1.21 bits per heavy atom. The minimum absolute atomic E-state index is 0.0213. The largest absolute Gasteiger partial charge is 0.283 e. The van der Waals surface area contributed by atoms with E-state index in [4.69, 9.17) is 17.0 Å². The number of fused-ring (bicyclic) bond motifs is 1. The molecule has 0 fully saturated rings. The van der Waals surface area contributed by atoms with Crippen molar-refractivity contribution in [3.8, 4) is 0 Å². The van der Waals surface area contributed by atoms with Gasteiger partial charge in [0.15, 0.2) is 5.84 Å². The highest BCUT2D eigenvalue weighted by Crippen LogP contribution is 2.33. The number of thiophene rings is 1. The third kappa shape index (κ3) is 2.60. The van der Waals surface area contributed by atoms with E-state index < -0.39 is 5.91 Å². The second-order valence-electron chi connectivity index (χ2n) is 4.92. The molecule has 0 unspecified atom stereocenters. The molecule has 0 aliphatic carbocycles. The number of halogens is 1. The number of hydrogen-bond acceptors (Lipinski definition) is 5. The Labute approximate surface area is 150 Å². The van der Waals surface area contributed by atoms with Crippen LogP contribution < -0.4 is 0 Å². The van der Waals surface area contributed by atoms with E-state index in [0.29, 0.717) is 15.2 Å². The summed E-state index contributed by atoms with van der Waals surface area (Å²) >= 11 is 8.94. The lowest BCUT2D eigenvalue weighted by Crippen LogP contribution is -2.35. The van der Waals surface area contributed by atoms with Gasteiger partial charge in [0.25, 0.3) is 5.91 Å². The molecule has 0 saturated heterocycles. The van der Waals surface area contributed by atoms with Gasteiger partial charge in [-0.05, 0) is 35.4 Å². The molecule has 2 aliphatic rings. The minimum atomic E-state index is -0.428. The zero-order chi connectivity index (χ0) is 16.7. The Hall–Kier alpha value is -2.22. The van der Waals surface area contributed by atoms with Crippen molar-refractivity contribution in [2.45, 2.75) is 0 Å². The summed E-state index contributed by atoms with van der Waals surface area (Å²) in [5.41, 5.74) is 0.983. The van der Waals surface area contributed by atoms with Crippen molar-refractivity contribution in [1.82, 2.24) is 5.01 Å². The summed E-state index contributed by atoms with van der Waals surface area (Å²) in [6, 6.07) is 11.1. The average Bonchev–Trinajstić information content (AvgIpc) is 3.21. The molecular weight excluding hydrogens is 364 g/mol.